The second-order valence-electron chi connectivity index (χ2n) is 5.86. The predicted octanol–water partition coefficient (Wildman–Crippen LogP) is 3.29. The van der Waals surface area contributed by atoms with E-state index in [0.717, 1.165) is 42.5 Å². The number of hydrogen-bond donors (Lipinski definition) is 2. The minimum absolute atomic E-state index is 0.0920. The van der Waals surface area contributed by atoms with Crippen LogP contribution in [0.5, 0.6) is 0 Å². The van der Waals surface area contributed by atoms with Crippen molar-refractivity contribution in [1.82, 2.24) is 5.32 Å². The van der Waals surface area contributed by atoms with E-state index in [4.69, 9.17) is 9.84 Å². The van der Waals surface area contributed by atoms with Crippen LogP contribution in [0.25, 0.3) is 0 Å². The molecule has 0 radical (unpaired) electrons. The molecule has 126 valence electrons. The maximum atomic E-state index is 12.2. The summed E-state index contributed by atoms with van der Waals surface area (Å²) in [7, 11) is 0. The molecule has 1 aliphatic heterocycles. The van der Waals surface area contributed by atoms with Gasteiger partial charge in [-0.05, 0) is 42.9 Å². The lowest BCUT2D eigenvalue weighted by Crippen LogP contribution is -2.30. The second-order valence-corrected chi connectivity index (χ2v) is 6.78. The van der Waals surface area contributed by atoms with Gasteiger partial charge in [-0.1, -0.05) is 28.1 Å². The Kier molecular flexibility index (Phi) is 7.05. The molecule has 0 aromatic heterocycles. The Morgan fingerprint density at radius 1 is 1.26 bits per heavy atom. The molecule has 1 unspecified atom stereocenters. The number of ether oxygens (including phenoxy) is 1. The summed E-state index contributed by atoms with van der Waals surface area (Å²) >= 11 is 3.35. The summed E-state index contributed by atoms with van der Waals surface area (Å²) in [6, 6.07) is 6.85. The topological polar surface area (TPSA) is 75.6 Å². The Morgan fingerprint density at radius 2 is 1.91 bits per heavy atom. The van der Waals surface area contributed by atoms with E-state index < -0.39 is 12.0 Å². The van der Waals surface area contributed by atoms with Gasteiger partial charge in [0.25, 0.3) is 0 Å². The number of carbonyl (C=O) groups excluding carboxylic acids is 1. The highest BCUT2D eigenvalue weighted by Gasteiger charge is 2.20. The van der Waals surface area contributed by atoms with Gasteiger partial charge in [-0.2, -0.15) is 0 Å². The minimum Gasteiger partial charge on any atom is -0.481 e. The van der Waals surface area contributed by atoms with Crippen molar-refractivity contribution in [2.75, 3.05) is 13.2 Å². The summed E-state index contributed by atoms with van der Waals surface area (Å²) in [6.07, 6.45) is 3.13. The number of halogens is 1. The van der Waals surface area contributed by atoms with E-state index in [1.165, 1.54) is 0 Å². The molecule has 2 rings (SSSR count). The van der Waals surface area contributed by atoms with Crippen molar-refractivity contribution in [3.05, 3.63) is 34.3 Å². The van der Waals surface area contributed by atoms with Crippen molar-refractivity contribution in [1.29, 1.82) is 0 Å². The molecule has 1 fully saturated rings. The SMILES string of the molecule is O=C(O)CC(NC(=O)CCC1CCOCC1)c1ccc(Br)cc1. The number of nitrogens with one attached hydrogen (secondary N) is 1. The van der Waals surface area contributed by atoms with Crippen molar-refractivity contribution >= 4 is 27.8 Å². The van der Waals surface area contributed by atoms with E-state index in [1.807, 2.05) is 24.3 Å². The van der Waals surface area contributed by atoms with Gasteiger partial charge in [-0.3, -0.25) is 9.59 Å². The summed E-state index contributed by atoms with van der Waals surface area (Å²) in [5, 5.41) is 11.9. The van der Waals surface area contributed by atoms with Crippen molar-refractivity contribution in [3.8, 4) is 0 Å². The maximum Gasteiger partial charge on any atom is 0.305 e. The van der Waals surface area contributed by atoms with Crippen LogP contribution in [-0.2, 0) is 14.3 Å². The van der Waals surface area contributed by atoms with Crippen molar-refractivity contribution in [2.24, 2.45) is 5.92 Å². The predicted molar refractivity (Wildman–Crippen MR) is 90.1 cm³/mol. The van der Waals surface area contributed by atoms with Crippen molar-refractivity contribution < 1.29 is 19.4 Å². The second kappa shape index (κ2) is 9.03. The largest absolute Gasteiger partial charge is 0.481 e. The van der Waals surface area contributed by atoms with Crippen molar-refractivity contribution in [2.45, 2.75) is 38.1 Å². The summed E-state index contributed by atoms with van der Waals surface area (Å²) in [5.74, 6) is -0.492. The van der Waals surface area contributed by atoms with E-state index in [2.05, 4.69) is 21.2 Å². The van der Waals surface area contributed by atoms with Gasteiger partial charge < -0.3 is 15.2 Å². The van der Waals surface area contributed by atoms with Gasteiger partial charge >= 0.3 is 5.97 Å². The zero-order valence-electron chi connectivity index (χ0n) is 13.0. The molecule has 0 saturated carbocycles. The normalized spacial score (nSPS) is 16.7. The molecule has 1 amide bonds. The number of carboxylic acid groups (broad SMARTS) is 1. The molecular weight excluding hydrogens is 362 g/mol. The summed E-state index contributed by atoms with van der Waals surface area (Å²) in [6.45, 7) is 1.54. The number of hydrogen-bond acceptors (Lipinski definition) is 3. The van der Waals surface area contributed by atoms with E-state index in [9.17, 15) is 9.59 Å². The zero-order valence-corrected chi connectivity index (χ0v) is 14.5. The van der Waals surface area contributed by atoms with Crippen LogP contribution in [0.15, 0.2) is 28.7 Å². The first-order valence-electron chi connectivity index (χ1n) is 7.89. The summed E-state index contributed by atoms with van der Waals surface area (Å²) in [4.78, 5) is 23.2. The van der Waals surface area contributed by atoms with Crippen LogP contribution in [0.1, 0.15) is 43.7 Å². The van der Waals surface area contributed by atoms with Gasteiger partial charge in [0, 0.05) is 24.1 Å². The smallest absolute Gasteiger partial charge is 0.305 e. The van der Waals surface area contributed by atoms with Gasteiger partial charge in [-0.25, -0.2) is 0 Å². The average molecular weight is 384 g/mol. The molecule has 0 aliphatic carbocycles. The van der Waals surface area contributed by atoms with Crippen LogP contribution in [0, 0.1) is 5.92 Å². The molecule has 2 N–H and O–H groups in total. The molecular formula is C17H22BrNO4. The van der Waals surface area contributed by atoms with E-state index in [-0.39, 0.29) is 12.3 Å². The molecule has 6 heteroatoms. The Bertz CT molecular complexity index is 526. The molecule has 1 aromatic carbocycles. The number of carboxylic acids is 1. The lowest BCUT2D eigenvalue weighted by atomic mass is 9.94. The third-order valence-electron chi connectivity index (χ3n) is 4.11. The maximum absolute atomic E-state index is 12.2. The van der Waals surface area contributed by atoms with Gasteiger partial charge in [0.15, 0.2) is 0 Å². The number of carbonyl (C=O) groups is 2. The molecule has 1 aliphatic rings. The van der Waals surface area contributed by atoms with Crippen LogP contribution in [0.4, 0.5) is 0 Å². The molecule has 1 atom stereocenters. The molecule has 23 heavy (non-hydrogen) atoms. The van der Waals surface area contributed by atoms with Crippen LogP contribution in [-0.4, -0.2) is 30.2 Å². The minimum atomic E-state index is -0.928. The van der Waals surface area contributed by atoms with Gasteiger partial charge in [0.2, 0.25) is 5.91 Å². The Morgan fingerprint density at radius 3 is 2.52 bits per heavy atom. The van der Waals surface area contributed by atoms with Crippen molar-refractivity contribution in [3.63, 3.8) is 0 Å². The summed E-state index contributed by atoms with van der Waals surface area (Å²) in [5.41, 5.74) is 0.801. The Balaban J connectivity index is 1.89. The number of rotatable bonds is 7. The Hall–Kier alpha value is -1.40. The summed E-state index contributed by atoms with van der Waals surface area (Å²) < 4.78 is 6.23. The lowest BCUT2D eigenvalue weighted by Gasteiger charge is -2.22. The molecule has 5 nitrogen and oxygen atoms in total. The van der Waals surface area contributed by atoms with Gasteiger partial charge in [-0.15, -0.1) is 0 Å². The number of amides is 1. The highest BCUT2D eigenvalue weighted by molar-refractivity contribution is 9.10. The molecule has 0 spiro atoms. The highest BCUT2D eigenvalue weighted by Crippen LogP contribution is 2.22. The fraction of sp³-hybridized carbons (Fsp3) is 0.529. The van der Waals surface area contributed by atoms with E-state index >= 15 is 0 Å². The first-order valence-corrected chi connectivity index (χ1v) is 8.68. The third kappa shape index (κ3) is 6.31. The van der Waals surface area contributed by atoms with Gasteiger partial charge in [0.1, 0.15) is 0 Å². The van der Waals surface area contributed by atoms with Crippen LogP contribution >= 0.6 is 15.9 Å². The van der Waals surface area contributed by atoms with E-state index in [0.29, 0.717) is 12.3 Å². The lowest BCUT2D eigenvalue weighted by molar-refractivity contribution is -0.137. The van der Waals surface area contributed by atoms with Gasteiger partial charge in [0.05, 0.1) is 12.5 Å². The monoisotopic (exact) mass is 383 g/mol. The number of aliphatic carboxylic acids is 1. The van der Waals surface area contributed by atoms with Crippen LogP contribution < -0.4 is 5.32 Å². The third-order valence-corrected chi connectivity index (χ3v) is 4.64. The highest BCUT2D eigenvalue weighted by atomic mass is 79.9. The molecule has 1 heterocycles. The fourth-order valence-corrected chi connectivity index (χ4v) is 3.02. The Labute approximate surface area is 144 Å². The first kappa shape index (κ1) is 17.9. The van der Waals surface area contributed by atoms with Crippen LogP contribution in [0.3, 0.4) is 0 Å². The molecule has 1 aromatic rings. The quantitative estimate of drug-likeness (QED) is 0.757. The molecule has 1 saturated heterocycles. The zero-order chi connectivity index (χ0) is 16.7. The average Bonchev–Trinajstić information content (AvgIpc) is 2.53. The molecule has 0 bridgehead atoms. The fourth-order valence-electron chi connectivity index (χ4n) is 2.76. The standard InChI is InChI=1S/C17H22BrNO4/c18-14-4-2-13(3-5-14)15(11-17(21)22)19-16(20)6-1-12-7-9-23-10-8-12/h2-5,12,15H,1,6-11H2,(H,19,20)(H,21,22). The first-order chi connectivity index (χ1) is 11.0. The van der Waals surface area contributed by atoms with E-state index in [1.54, 1.807) is 0 Å². The number of benzene rings is 1. The van der Waals surface area contributed by atoms with Crippen LogP contribution in [0.2, 0.25) is 0 Å².